The summed E-state index contributed by atoms with van der Waals surface area (Å²) in [7, 11) is 1.71. The molecule has 0 aliphatic carbocycles. The summed E-state index contributed by atoms with van der Waals surface area (Å²) in [5.74, 6) is 1.61. The van der Waals surface area contributed by atoms with E-state index >= 15 is 0 Å². The lowest BCUT2D eigenvalue weighted by Crippen LogP contribution is -2.29. The van der Waals surface area contributed by atoms with Gasteiger partial charge in [0, 0.05) is 19.7 Å². The van der Waals surface area contributed by atoms with Crippen LogP contribution >= 0.6 is 15.9 Å². The minimum atomic E-state index is 0.321. The van der Waals surface area contributed by atoms with E-state index in [4.69, 9.17) is 14.2 Å². The van der Waals surface area contributed by atoms with Crippen LogP contribution in [-0.2, 0) is 11.3 Å². The molecule has 1 N–H and O–H groups in total. The highest BCUT2D eigenvalue weighted by Crippen LogP contribution is 2.38. The number of ether oxygens (including phenoxy) is 3. The summed E-state index contributed by atoms with van der Waals surface area (Å²) in [6.07, 6.45) is 0. The van der Waals surface area contributed by atoms with Crippen molar-refractivity contribution in [3.8, 4) is 11.5 Å². The molecule has 4 nitrogen and oxygen atoms in total. The van der Waals surface area contributed by atoms with Crippen molar-refractivity contribution in [2.75, 3.05) is 26.9 Å². The fraction of sp³-hybridized carbons (Fsp3) is 0.538. The van der Waals surface area contributed by atoms with Crippen LogP contribution in [0.3, 0.4) is 0 Å². The van der Waals surface area contributed by atoms with Crippen molar-refractivity contribution >= 4 is 15.9 Å². The summed E-state index contributed by atoms with van der Waals surface area (Å²) in [5.41, 5.74) is 1.16. The van der Waals surface area contributed by atoms with Gasteiger partial charge in [0.2, 0.25) is 0 Å². The number of nitrogens with one attached hydrogen (secondary N) is 1. The van der Waals surface area contributed by atoms with Gasteiger partial charge in [0.15, 0.2) is 11.5 Å². The fourth-order valence-electron chi connectivity index (χ4n) is 1.87. The van der Waals surface area contributed by atoms with Crippen molar-refractivity contribution in [2.45, 2.75) is 19.5 Å². The van der Waals surface area contributed by atoms with Gasteiger partial charge in [-0.3, -0.25) is 0 Å². The van der Waals surface area contributed by atoms with Crippen LogP contribution in [0, 0.1) is 0 Å². The largest absolute Gasteiger partial charge is 0.486 e. The van der Waals surface area contributed by atoms with Gasteiger partial charge in [0.1, 0.15) is 13.2 Å². The average Bonchev–Trinajstić information content (AvgIpc) is 2.37. The minimum Gasteiger partial charge on any atom is -0.486 e. The van der Waals surface area contributed by atoms with Gasteiger partial charge < -0.3 is 19.5 Å². The zero-order valence-corrected chi connectivity index (χ0v) is 12.2. The topological polar surface area (TPSA) is 39.7 Å². The smallest absolute Gasteiger partial charge is 0.175 e. The molecule has 0 spiro atoms. The highest BCUT2D eigenvalue weighted by molar-refractivity contribution is 9.10. The number of methoxy groups -OCH3 is 1. The van der Waals surface area contributed by atoms with Crippen molar-refractivity contribution < 1.29 is 14.2 Å². The molecule has 0 amide bonds. The molecule has 1 aromatic rings. The van der Waals surface area contributed by atoms with Gasteiger partial charge in [0.05, 0.1) is 11.1 Å². The maximum atomic E-state index is 5.59. The lowest BCUT2D eigenvalue weighted by Gasteiger charge is -2.21. The van der Waals surface area contributed by atoms with Crippen LogP contribution in [0.5, 0.6) is 11.5 Å². The lowest BCUT2D eigenvalue weighted by molar-refractivity contribution is 0.169. The maximum Gasteiger partial charge on any atom is 0.175 e. The quantitative estimate of drug-likeness (QED) is 0.905. The molecule has 18 heavy (non-hydrogen) atoms. The second kappa shape index (κ2) is 6.41. The summed E-state index contributed by atoms with van der Waals surface area (Å²) in [4.78, 5) is 0. The molecule has 1 atom stereocenters. The van der Waals surface area contributed by atoms with E-state index in [0.717, 1.165) is 28.1 Å². The van der Waals surface area contributed by atoms with Crippen molar-refractivity contribution in [3.05, 3.63) is 22.2 Å². The van der Waals surface area contributed by atoms with E-state index in [1.54, 1.807) is 7.11 Å². The molecular weight excluding hydrogens is 298 g/mol. The third kappa shape index (κ3) is 3.37. The molecule has 0 saturated carbocycles. The first-order valence-corrected chi connectivity index (χ1v) is 6.80. The number of hydrogen-bond donors (Lipinski definition) is 1. The van der Waals surface area contributed by atoms with Crippen LogP contribution < -0.4 is 14.8 Å². The van der Waals surface area contributed by atoms with Crippen molar-refractivity contribution in [2.24, 2.45) is 0 Å². The summed E-state index contributed by atoms with van der Waals surface area (Å²) in [6, 6.07) is 4.40. The van der Waals surface area contributed by atoms with E-state index in [2.05, 4.69) is 34.2 Å². The van der Waals surface area contributed by atoms with Crippen LogP contribution in [0.15, 0.2) is 16.6 Å². The predicted molar refractivity (Wildman–Crippen MR) is 73.3 cm³/mol. The molecule has 0 radical (unpaired) electrons. The van der Waals surface area contributed by atoms with Gasteiger partial charge in [-0.1, -0.05) is 0 Å². The van der Waals surface area contributed by atoms with E-state index in [1.807, 2.05) is 6.07 Å². The molecule has 1 unspecified atom stereocenters. The Morgan fingerprint density at radius 2 is 2.17 bits per heavy atom. The second-order valence-electron chi connectivity index (χ2n) is 4.34. The standard InChI is InChI=1S/C13H18BrNO3/c1-9(8-16-2)15-7-10-5-11(14)13-12(6-10)17-3-4-18-13/h5-6,9,15H,3-4,7-8H2,1-2H3. The summed E-state index contributed by atoms with van der Waals surface area (Å²) >= 11 is 3.51. The van der Waals surface area contributed by atoms with Gasteiger partial charge in [-0.25, -0.2) is 0 Å². The Bertz CT molecular complexity index is 411. The Kier molecular flexibility index (Phi) is 4.86. The minimum absolute atomic E-state index is 0.321. The zero-order valence-electron chi connectivity index (χ0n) is 10.7. The molecule has 0 fully saturated rings. The Morgan fingerprint density at radius 1 is 1.39 bits per heavy atom. The Hall–Kier alpha value is -0.780. The van der Waals surface area contributed by atoms with E-state index in [1.165, 1.54) is 0 Å². The van der Waals surface area contributed by atoms with Crippen LogP contribution in [-0.4, -0.2) is 33.0 Å². The van der Waals surface area contributed by atoms with Gasteiger partial charge in [-0.2, -0.15) is 0 Å². The summed E-state index contributed by atoms with van der Waals surface area (Å²) < 4.78 is 17.2. The normalized spacial score (nSPS) is 15.5. The number of halogens is 1. The van der Waals surface area contributed by atoms with Crippen molar-refractivity contribution in [1.82, 2.24) is 5.32 Å². The summed E-state index contributed by atoms with van der Waals surface area (Å²) in [5, 5.41) is 3.39. The third-order valence-corrected chi connectivity index (χ3v) is 3.32. The zero-order chi connectivity index (χ0) is 13.0. The van der Waals surface area contributed by atoms with Crippen LogP contribution in [0.4, 0.5) is 0 Å². The van der Waals surface area contributed by atoms with Crippen LogP contribution in [0.2, 0.25) is 0 Å². The van der Waals surface area contributed by atoms with Gasteiger partial charge in [0.25, 0.3) is 0 Å². The Labute approximate surface area is 116 Å². The molecule has 1 heterocycles. The monoisotopic (exact) mass is 315 g/mol. The molecule has 1 aliphatic rings. The molecule has 0 saturated heterocycles. The first-order chi connectivity index (χ1) is 8.70. The van der Waals surface area contributed by atoms with Crippen LogP contribution in [0.25, 0.3) is 0 Å². The molecule has 1 aromatic carbocycles. The highest BCUT2D eigenvalue weighted by atomic mass is 79.9. The van der Waals surface area contributed by atoms with Crippen LogP contribution in [0.1, 0.15) is 12.5 Å². The van der Waals surface area contributed by atoms with E-state index in [0.29, 0.717) is 25.9 Å². The van der Waals surface area contributed by atoms with Crippen molar-refractivity contribution in [1.29, 1.82) is 0 Å². The van der Waals surface area contributed by atoms with E-state index in [9.17, 15) is 0 Å². The molecule has 1 aliphatic heterocycles. The Morgan fingerprint density at radius 3 is 2.94 bits per heavy atom. The number of rotatable bonds is 5. The number of benzene rings is 1. The van der Waals surface area contributed by atoms with Gasteiger partial charge >= 0.3 is 0 Å². The third-order valence-electron chi connectivity index (χ3n) is 2.73. The van der Waals surface area contributed by atoms with E-state index < -0.39 is 0 Å². The summed E-state index contributed by atoms with van der Waals surface area (Å²) in [6.45, 7) is 4.78. The molecular formula is C13H18BrNO3. The number of fused-ring (bicyclic) bond motifs is 1. The molecule has 2 rings (SSSR count). The SMILES string of the molecule is COCC(C)NCc1cc(Br)c2c(c1)OCCO2. The highest BCUT2D eigenvalue weighted by Gasteiger charge is 2.16. The number of hydrogen-bond acceptors (Lipinski definition) is 4. The second-order valence-corrected chi connectivity index (χ2v) is 5.19. The van der Waals surface area contributed by atoms with E-state index in [-0.39, 0.29) is 0 Å². The van der Waals surface area contributed by atoms with Gasteiger partial charge in [-0.15, -0.1) is 0 Å². The Balaban J connectivity index is 2.03. The average molecular weight is 316 g/mol. The maximum absolute atomic E-state index is 5.59. The predicted octanol–water partition coefficient (Wildman–Crippen LogP) is 2.34. The fourth-order valence-corrected chi connectivity index (χ4v) is 2.47. The van der Waals surface area contributed by atoms with Crippen molar-refractivity contribution in [3.63, 3.8) is 0 Å². The van der Waals surface area contributed by atoms with Gasteiger partial charge in [-0.05, 0) is 40.5 Å². The first-order valence-electron chi connectivity index (χ1n) is 6.01. The molecule has 100 valence electrons. The molecule has 5 heteroatoms. The molecule has 0 aromatic heterocycles. The molecule has 0 bridgehead atoms. The first kappa shape index (κ1) is 13.6. The lowest BCUT2D eigenvalue weighted by atomic mass is 10.2.